The number of benzene rings is 2. The first-order chi connectivity index (χ1) is 18.5. The van der Waals surface area contributed by atoms with E-state index in [9.17, 15) is 33.4 Å². The average molecular weight is 586 g/mol. The fraction of sp³-hybridized carbons (Fsp3) is 0.458. The third kappa shape index (κ3) is 8.50. The molecule has 0 saturated heterocycles. The molecule has 1 unspecified atom stereocenters. The van der Waals surface area contributed by atoms with Crippen molar-refractivity contribution < 1.29 is 37.8 Å². The lowest BCUT2D eigenvalue weighted by atomic mass is 9.79. The number of ether oxygens (including phenoxy) is 1. The van der Waals surface area contributed by atoms with Gasteiger partial charge in [0.05, 0.1) is 12.0 Å². The highest BCUT2D eigenvalue weighted by atomic mass is 35.5. The third-order valence-electron chi connectivity index (χ3n) is 6.43. The third-order valence-corrected chi connectivity index (χ3v) is 8.22. The Morgan fingerprint density at radius 3 is 2.31 bits per heavy atom. The van der Waals surface area contributed by atoms with Gasteiger partial charge in [-0.3, -0.25) is 4.79 Å². The summed E-state index contributed by atoms with van der Waals surface area (Å²) in [6, 6.07) is 7.20. The van der Waals surface area contributed by atoms with Crippen molar-refractivity contribution in [3.63, 3.8) is 0 Å². The Labute approximate surface area is 229 Å². The largest absolute Gasteiger partial charge is 0.469 e. The first kappa shape index (κ1) is 30.1. The van der Waals surface area contributed by atoms with Gasteiger partial charge in [0.1, 0.15) is 13.2 Å². The zero-order valence-corrected chi connectivity index (χ0v) is 22.7. The van der Waals surface area contributed by atoms with Gasteiger partial charge in [-0.15, -0.1) is 20.2 Å². The fourth-order valence-corrected chi connectivity index (χ4v) is 6.15. The highest BCUT2D eigenvalue weighted by Gasteiger charge is 2.28. The molecule has 1 atom stereocenters. The topological polar surface area (TPSA) is 177 Å². The summed E-state index contributed by atoms with van der Waals surface area (Å²) in [5.41, 5.74) is 3.84. The van der Waals surface area contributed by atoms with Gasteiger partial charge in [-0.05, 0) is 90.6 Å². The molecule has 3 rings (SSSR count). The Balaban J connectivity index is 1.95. The maximum atomic E-state index is 12.9. The zero-order chi connectivity index (χ0) is 28.6. The van der Waals surface area contributed by atoms with Gasteiger partial charge >= 0.3 is 5.97 Å². The van der Waals surface area contributed by atoms with Gasteiger partial charge in [0.25, 0.3) is 10.2 Å². The number of nitrogens with zero attached hydrogens (tertiary/aromatic N) is 2. The van der Waals surface area contributed by atoms with E-state index in [1.54, 1.807) is 0 Å². The Bertz CT molecular complexity index is 1320. The summed E-state index contributed by atoms with van der Waals surface area (Å²) in [5.74, 6) is -0.442. The molecule has 2 aromatic rings. The van der Waals surface area contributed by atoms with Crippen LogP contribution in [0.15, 0.2) is 35.2 Å². The maximum absolute atomic E-state index is 12.9. The summed E-state index contributed by atoms with van der Waals surface area (Å²) in [6.07, 6.45) is 1.86. The normalized spacial score (nSPS) is 14.8. The standard InChI is InChI=1S/C24H28ClN3O10S/c1-36-24(29)9-8-23-21-7-4-19(26-39(34,35)20-5-2-18(25)3-6-20)15-17(21)14-16(10-12-37-27(30)31)22(23)11-13-38-28(32)33/h2-3,5-6,14,19,26H,4,7-13,15H2,1H3. The molecule has 0 radical (unpaired) electrons. The lowest BCUT2D eigenvalue weighted by Crippen LogP contribution is -2.39. The van der Waals surface area contributed by atoms with Crippen LogP contribution in [0.25, 0.3) is 0 Å². The minimum atomic E-state index is -3.82. The molecule has 0 bridgehead atoms. The Morgan fingerprint density at radius 2 is 1.69 bits per heavy atom. The molecule has 15 heteroatoms. The number of fused-ring (bicyclic) bond motifs is 1. The lowest BCUT2D eigenvalue weighted by Gasteiger charge is -2.30. The molecule has 0 amide bonds. The van der Waals surface area contributed by atoms with Gasteiger partial charge in [-0.25, -0.2) is 13.1 Å². The number of hydrogen-bond acceptors (Lipinski definition) is 10. The number of carbonyl (C=O) groups is 1. The van der Waals surface area contributed by atoms with Crippen LogP contribution in [0.4, 0.5) is 0 Å². The predicted octanol–water partition coefficient (Wildman–Crippen LogP) is 2.78. The maximum Gasteiger partial charge on any atom is 0.305 e. The smallest absolute Gasteiger partial charge is 0.305 e. The molecule has 0 aromatic heterocycles. The van der Waals surface area contributed by atoms with E-state index >= 15 is 0 Å². The van der Waals surface area contributed by atoms with Crippen molar-refractivity contribution in [3.8, 4) is 0 Å². The van der Waals surface area contributed by atoms with E-state index in [2.05, 4.69) is 14.4 Å². The van der Waals surface area contributed by atoms with Crippen molar-refractivity contribution in [3.05, 3.63) is 83.4 Å². The quantitative estimate of drug-likeness (QED) is 0.197. The summed E-state index contributed by atoms with van der Waals surface area (Å²) in [7, 11) is -2.55. The molecule has 1 aliphatic carbocycles. The first-order valence-corrected chi connectivity index (χ1v) is 13.9. The molecule has 2 aromatic carbocycles. The molecule has 0 spiro atoms. The molecule has 1 N–H and O–H groups in total. The van der Waals surface area contributed by atoms with Gasteiger partial charge in [-0.2, -0.15) is 0 Å². The number of halogens is 1. The van der Waals surface area contributed by atoms with Crippen molar-refractivity contribution in [2.24, 2.45) is 0 Å². The van der Waals surface area contributed by atoms with Crippen LogP contribution >= 0.6 is 11.6 Å². The summed E-state index contributed by atoms with van der Waals surface area (Å²) in [6.45, 7) is -0.498. The molecule has 39 heavy (non-hydrogen) atoms. The van der Waals surface area contributed by atoms with Crippen LogP contribution in [0.5, 0.6) is 0 Å². The van der Waals surface area contributed by atoms with E-state index < -0.39 is 32.2 Å². The molecule has 0 saturated carbocycles. The summed E-state index contributed by atoms with van der Waals surface area (Å²) >= 11 is 5.88. The summed E-state index contributed by atoms with van der Waals surface area (Å²) < 4.78 is 33.4. The molecule has 13 nitrogen and oxygen atoms in total. The van der Waals surface area contributed by atoms with Crippen LogP contribution in [0.1, 0.15) is 40.7 Å². The zero-order valence-electron chi connectivity index (χ0n) is 21.1. The van der Waals surface area contributed by atoms with E-state index in [-0.39, 0.29) is 43.8 Å². The van der Waals surface area contributed by atoms with Crippen molar-refractivity contribution in [1.29, 1.82) is 0 Å². The van der Waals surface area contributed by atoms with Gasteiger partial charge in [0, 0.05) is 17.5 Å². The van der Waals surface area contributed by atoms with E-state index in [0.29, 0.717) is 35.4 Å². The van der Waals surface area contributed by atoms with Crippen LogP contribution in [0.2, 0.25) is 5.02 Å². The van der Waals surface area contributed by atoms with E-state index in [1.165, 1.54) is 31.4 Å². The Hall–Kier alpha value is -3.49. The summed E-state index contributed by atoms with van der Waals surface area (Å²) in [4.78, 5) is 42.5. The van der Waals surface area contributed by atoms with Crippen molar-refractivity contribution in [2.45, 2.75) is 55.9 Å². The van der Waals surface area contributed by atoms with Crippen LogP contribution in [0, 0.1) is 20.2 Å². The SMILES string of the molecule is COC(=O)CCc1c(CCO[N+](=O)[O-])c(CCO[N+](=O)[O-])cc2c1CCC(NS(=O)(=O)c1ccc(Cl)cc1)C2. The molecule has 1 aliphatic rings. The van der Waals surface area contributed by atoms with Gasteiger partial charge < -0.3 is 14.4 Å². The number of hydrogen-bond donors (Lipinski definition) is 1. The fourth-order valence-electron chi connectivity index (χ4n) is 4.75. The number of sulfonamides is 1. The number of carbonyl (C=O) groups excluding carboxylic acids is 1. The number of rotatable bonds is 14. The minimum absolute atomic E-state index is 0.0491. The van der Waals surface area contributed by atoms with Crippen molar-refractivity contribution in [1.82, 2.24) is 4.72 Å². The molecular formula is C24H28ClN3O10S. The van der Waals surface area contributed by atoms with Crippen LogP contribution in [-0.4, -0.2) is 50.9 Å². The second-order valence-electron chi connectivity index (χ2n) is 8.84. The highest BCUT2D eigenvalue weighted by Crippen LogP contribution is 2.32. The minimum Gasteiger partial charge on any atom is -0.469 e. The molecule has 0 aliphatic heterocycles. The number of methoxy groups -OCH3 is 1. The van der Waals surface area contributed by atoms with Gasteiger partial charge in [0.2, 0.25) is 10.0 Å². The molecule has 0 fully saturated rings. The second kappa shape index (κ2) is 13.5. The van der Waals surface area contributed by atoms with Gasteiger partial charge in [0.15, 0.2) is 0 Å². The number of nitrogens with one attached hydrogen (secondary N) is 1. The van der Waals surface area contributed by atoms with E-state index in [0.717, 1.165) is 16.7 Å². The van der Waals surface area contributed by atoms with Gasteiger partial charge in [-0.1, -0.05) is 17.7 Å². The highest BCUT2D eigenvalue weighted by molar-refractivity contribution is 7.89. The number of esters is 1. The van der Waals surface area contributed by atoms with Crippen LogP contribution < -0.4 is 4.72 Å². The Kier molecular flexibility index (Phi) is 10.4. The predicted molar refractivity (Wildman–Crippen MR) is 138 cm³/mol. The Morgan fingerprint density at radius 1 is 1.05 bits per heavy atom. The van der Waals surface area contributed by atoms with Crippen LogP contribution in [-0.2, 0) is 61.3 Å². The van der Waals surface area contributed by atoms with Crippen molar-refractivity contribution >= 4 is 27.6 Å². The van der Waals surface area contributed by atoms with Crippen LogP contribution in [0.3, 0.4) is 0 Å². The summed E-state index contributed by atoms with van der Waals surface area (Å²) in [5, 5.41) is 20.0. The van der Waals surface area contributed by atoms with E-state index in [1.807, 2.05) is 6.07 Å². The average Bonchev–Trinajstić information content (AvgIpc) is 2.87. The first-order valence-electron chi connectivity index (χ1n) is 12.0. The molecular weight excluding hydrogens is 558 g/mol. The molecule has 0 heterocycles. The monoisotopic (exact) mass is 585 g/mol. The van der Waals surface area contributed by atoms with E-state index in [4.69, 9.17) is 16.3 Å². The molecule has 212 valence electrons. The second-order valence-corrected chi connectivity index (χ2v) is 11.0. The lowest BCUT2D eigenvalue weighted by molar-refractivity contribution is -0.757. The van der Waals surface area contributed by atoms with Crippen molar-refractivity contribution in [2.75, 3.05) is 20.3 Å².